The lowest BCUT2D eigenvalue weighted by Crippen LogP contribution is -2.41. The van der Waals surface area contributed by atoms with E-state index in [2.05, 4.69) is 0 Å². The van der Waals surface area contributed by atoms with Crippen molar-refractivity contribution in [2.45, 2.75) is 70.9 Å². The van der Waals surface area contributed by atoms with E-state index in [4.69, 9.17) is 11.5 Å². The third-order valence-corrected chi connectivity index (χ3v) is 4.49. The van der Waals surface area contributed by atoms with Crippen LogP contribution in [0.5, 0.6) is 0 Å². The van der Waals surface area contributed by atoms with Gasteiger partial charge in [0.1, 0.15) is 0 Å². The van der Waals surface area contributed by atoms with E-state index in [1.54, 1.807) is 0 Å². The van der Waals surface area contributed by atoms with Crippen LogP contribution in [-0.4, -0.2) is 23.2 Å². The van der Waals surface area contributed by atoms with Crippen molar-refractivity contribution in [1.82, 2.24) is 0 Å². The van der Waals surface area contributed by atoms with Crippen LogP contribution in [0.1, 0.15) is 58.8 Å². The molecule has 1 fully saturated rings. The highest BCUT2D eigenvalue weighted by molar-refractivity contribution is 5.76. The number of aliphatic hydroxyl groups excluding tert-OH is 1. The molecule has 0 unspecified atom stereocenters. The van der Waals surface area contributed by atoms with E-state index in [0.717, 1.165) is 6.42 Å². The molecule has 0 bridgehead atoms. The fraction of sp³-hybridized carbons (Fsp3) is 0.933. The number of rotatable bonds is 7. The number of carbonyl (C=O) groups is 1. The summed E-state index contributed by atoms with van der Waals surface area (Å²) in [6.07, 6.45) is 6.97. The molecule has 19 heavy (non-hydrogen) atoms. The molecule has 0 aromatic carbocycles. The Labute approximate surface area is 116 Å². The van der Waals surface area contributed by atoms with E-state index in [1.165, 1.54) is 32.1 Å². The Balaban J connectivity index is 2.41. The first-order valence-electron chi connectivity index (χ1n) is 7.64. The van der Waals surface area contributed by atoms with E-state index < -0.39 is 6.10 Å². The van der Waals surface area contributed by atoms with Gasteiger partial charge in [-0.2, -0.15) is 0 Å². The van der Waals surface area contributed by atoms with E-state index >= 15 is 0 Å². The van der Waals surface area contributed by atoms with Gasteiger partial charge in [0.2, 0.25) is 5.91 Å². The average molecular weight is 270 g/mol. The number of amides is 1. The third-order valence-electron chi connectivity index (χ3n) is 4.49. The van der Waals surface area contributed by atoms with Crippen molar-refractivity contribution in [1.29, 1.82) is 0 Å². The molecule has 0 radical (unpaired) electrons. The van der Waals surface area contributed by atoms with Gasteiger partial charge in [0, 0.05) is 12.0 Å². The molecule has 5 N–H and O–H groups in total. The first kappa shape index (κ1) is 16.4. The summed E-state index contributed by atoms with van der Waals surface area (Å²) in [7, 11) is 0. The lowest BCUT2D eigenvalue weighted by molar-refractivity contribution is -0.124. The Hall–Kier alpha value is -0.610. The van der Waals surface area contributed by atoms with Crippen LogP contribution in [-0.2, 0) is 4.79 Å². The van der Waals surface area contributed by atoms with E-state index in [1.807, 2.05) is 13.8 Å². The Morgan fingerprint density at radius 2 is 1.84 bits per heavy atom. The largest absolute Gasteiger partial charge is 0.391 e. The van der Waals surface area contributed by atoms with Crippen LogP contribution >= 0.6 is 0 Å². The predicted molar refractivity (Wildman–Crippen MR) is 77.3 cm³/mol. The first-order valence-corrected chi connectivity index (χ1v) is 7.64. The van der Waals surface area contributed by atoms with Gasteiger partial charge in [-0.25, -0.2) is 0 Å². The van der Waals surface area contributed by atoms with Gasteiger partial charge in [-0.05, 0) is 24.7 Å². The minimum atomic E-state index is -0.623. The summed E-state index contributed by atoms with van der Waals surface area (Å²) in [6.45, 7) is 3.91. The van der Waals surface area contributed by atoms with Crippen molar-refractivity contribution < 1.29 is 9.90 Å². The maximum Gasteiger partial charge on any atom is 0.220 e. The van der Waals surface area contributed by atoms with Crippen LogP contribution in [0.25, 0.3) is 0 Å². The molecular formula is C15H30N2O2. The minimum Gasteiger partial charge on any atom is -0.391 e. The lowest BCUT2D eigenvalue weighted by atomic mass is 9.81. The Bertz CT molecular complexity index is 275. The molecular weight excluding hydrogens is 240 g/mol. The van der Waals surface area contributed by atoms with Crippen LogP contribution in [0.3, 0.4) is 0 Å². The molecule has 0 aliphatic heterocycles. The summed E-state index contributed by atoms with van der Waals surface area (Å²) in [5, 5.41) is 10.2. The fourth-order valence-corrected chi connectivity index (χ4v) is 3.12. The van der Waals surface area contributed by atoms with Gasteiger partial charge in [0.05, 0.1) is 6.10 Å². The van der Waals surface area contributed by atoms with Gasteiger partial charge >= 0.3 is 0 Å². The van der Waals surface area contributed by atoms with Gasteiger partial charge in [0.25, 0.3) is 0 Å². The summed E-state index contributed by atoms with van der Waals surface area (Å²) in [6, 6.07) is -0.233. The molecule has 4 nitrogen and oxygen atoms in total. The second-order valence-electron chi connectivity index (χ2n) is 6.46. The molecule has 0 spiro atoms. The SMILES string of the molecule is CC(C)[C@H](C[C@H](O)[C@@H](N)CC1CCCCC1)C(N)=O. The van der Waals surface area contributed by atoms with Crippen molar-refractivity contribution in [2.75, 3.05) is 0 Å². The maximum atomic E-state index is 11.4. The molecule has 0 heterocycles. The van der Waals surface area contributed by atoms with Gasteiger partial charge in [-0.1, -0.05) is 46.0 Å². The molecule has 1 amide bonds. The third kappa shape index (κ3) is 5.49. The van der Waals surface area contributed by atoms with Crippen LogP contribution < -0.4 is 11.5 Å². The van der Waals surface area contributed by atoms with E-state index in [9.17, 15) is 9.90 Å². The Kier molecular flexibility index (Phi) is 6.80. The molecule has 1 aliphatic rings. The number of nitrogens with two attached hydrogens (primary N) is 2. The highest BCUT2D eigenvalue weighted by Gasteiger charge is 2.27. The zero-order valence-corrected chi connectivity index (χ0v) is 12.3. The van der Waals surface area contributed by atoms with Gasteiger partial charge in [-0.15, -0.1) is 0 Å². The van der Waals surface area contributed by atoms with Crippen molar-refractivity contribution in [3.63, 3.8) is 0 Å². The summed E-state index contributed by atoms with van der Waals surface area (Å²) < 4.78 is 0. The second kappa shape index (κ2) is 7.85. The zero-order valence-electron chi connectivity index (χ0n) is 12.3. The average Bonchev–Trinajstić information content (AvgIpc) is 2.35. The molecule has 1 rings (SSSR count). The Morgan fingerprint density at radius 3 is 2.32 bits per heavy atom. The number of primary amides is 1. The van der Waals surface area contributed by atoms with Crippen molar-refractivity contribution in [3.05, 3.63) is 0 Å². The molecule has 3 atom stereocenters. The lowest BCUT2D eigenvalue weighted by Gasteiger charge is -2.29. The maximum absolute atomic E-state index is 11.4. The van der Waals surface area contributed by atoms with Gasteiger partial charge in [0.15, 0.2) is 0 Å². The van der Waals surface area contributed by atoms with Crippen LogP contribution in [0.4, 0.5) is 0 Å². The van der Waals surface area contributed by atoms with Crippen LogP contribution in [0.2, 0.25) is 0 Å². The van der Waals surface area contributed by atoms with E-state index in [0.29, 0.717) is 12.3 Å². The summed E-state index contributed by atoms with van der Waals surface area (Å²) in [5.74, 6) is 0.171. The molecule has 1 aliphatic carbocycles. The number of aliphatic hydroxyl groups is 1. The molecule has 1 saturated carbocycles. The monoisotopic (exact) mass is 270 g/mol. The van der Waals surface area contributed by atoms with Crippen LogP contribution in [0, 0.1) is 17.8 Å². The van der Waals surface area contributed by atoms with Crippen molar-refractivity contribution in [2.24, 2.45) is 29.2 Å². The van der Waals surface area contributed by atoms with Crippen molar-refractivity contribution >= 4 is 5.91 Å². The van der Waals surface area contributed by atoms with Gasteiger partial charge < -0.3 is 16.6 Å². The Morgan fingerprint density at radius 1 is 1.26 bits per heavy atom. The normalized spacial score (nSPS) is 22.2. The number of hydrogen-bond acceptors (Lipinski definition) is 3. The summed E-state index contributed by atoms with van der Waals surface area (Å²) in [4.78, 5) is 11.4. The first-order chi connectivity index (χ1) is 8.91. The smallest absolute Gasteiger partial charge is 0.220 e. The van der Waals surface area contributed by atoms with Gasteiger partial charge in [-0.3, -0.25) is 4.79 Å². The topological polar surface area (TPSA) is 89.3 Å². The molecule has 0 aromatic rings. The summed E-state index contributed by atoms with van der Waals surface area (Å²) in [5.41, 5.74) is 11.5. The molecule has 4 heteroatoms. The standard InChI is InChI=1S/C15H30N2O2/c1-10(2)12(15(17)19)9-14(18)13(16)8-11-6-4-3-5-7-11/h10-14,18H,3-9,16H2,1-2H3,(H2,17,19)/t12-,13-,14-/m0/s1. The van der Waals surface area contributed by atoms with E-state index in [-0.39, 0.29) is 23.8 Å². The highest BCUT2D eigenvalue weighted by Crippen LogP contribution is 2.28. The number of carbonyl (C=O) groups excluding carboxylic acids is 1. The second-order valence-corrected chi connectivity index (χ2v) is 6.46. The fourth-order valence-electron chi connectivity index (χ4n) is 3.12. The van der Waals surface area contributed by atoms with Crippen molar-refractivity contribution in [3.8, 4) is 0 Å². The highest BCUT2D eigenvalue weighted by atomic mass is 16.3. The predicted octanol–water partition coefficient (Wildman–Crippen LogP) is 1.79. The molecule has 0 saturated heterocycles. The molecule has 0 aromatic heterocycles. The summed E-state index contributed by atoms with van der Waals surface area (Å²) >= 11 is 0. The zero-order chi connectivity index (χ0) is 14.4. The minimum absolute atomic E-state index is 0.147. The number of hydrogen-bond donors (Lipinski definition) is 3. The quantitative estimate of drug-likeness (QED) is 0.659. The van der Waals surface area contributed by atoms with Crippen LogP contribution in [0.15, 0.2) is 0 Å². The molecule has 112 valence electrons.